The fraction of sp³-hybridized carbons (Fsp3) is 0.316. The molecule has 27 heavy (non-hydrogen) atoms. The van der Waals surface area contributed by atoms with Crippen LogP contribution in [0.4, 0.5) is 5.82 Å². The van der Waals surface area contributed by atoms with E-state index in [0.717, 1.165) is 27.1 Å². The molecule has 0 saturated carbocycles. The van der Waals surface area contributed by atoms with E-state index in [0.29, 0.717) is 30.4 Å². The van der Waals surface area contributed by atoms with Gasteiger partial charge in [0.2, 0.25) is 5.91 Å². The second-order valence-corrected chi connectivity index (χ2v) is 7.69. The Morgan fingerprint density at radius 3 is 2.48 bits per heavy atom. The lowest BCUT2D eigenvalue weighted by Crippen LogP contribution is -2.16. The SMILES string of the molecule is Cc1nn(CCC(=O)Nc2cc(C)n(Cc3ccc(Cl)cc3)n2)c(C)c1Br. The van der Waals surface area contributed by atoms with Gasteiger partial charge in [-0.1, -0.05) is 23.7 Å². The molecule has 0 spiro atoms. The van der Waals surface area contributed by atoms with Gasteiger partial charge in [0.05, 0.1) is 23.3 Å². The average Bonchev–Trinajstić information content (AvgIpc) is 3.09. The van der Waals surface area contributed by atoms with Crippen molar-refractivity contribution < 1.29 is 4.79 Å². The summed E-state index contributed by atoms with van der Waals surface area (Å²) < 4.78 is 4.68. The van der Waals surface area contributed by atoms with E-state index >= 15 is 0 Å². The minimum atomic E-state index is -0.0881. The molecule has 3 rings (SSSR count). The Morgan fingerprint density at radius 2 is 1.85 bits per heavy atom. The number of hydrogen-bond donors (Lipinski definition) is 1. The number of halogens is 2. The zero-order chi connectivity index (χ0) is 19.6. The average molecular weight is 451 g/mol. The molecular formula is C19H21BrClN5O. The fourth-order valence-corrected chi connectivity index (χ4v) is 3.21. The van der Waals surface area contributed by atoms with Crippen molar-refractivity contribution >= 4 is 39.3 Å². The summed E-state index contributed by atoms with van der Waals surface area (Å²) in [5.74, 6) is 0.468. The van der Waals surface area contributed by atoms with Crippen LogP contribution in [0.15, 0.2) is 34.8 Å². The van der Waals surface area contributed by atoms with Crippen molar-refractivity contribution in [3.05, 3.63) is 62.5 Å². The van der Waals surface area contributed by atoms with Gasteiger partial charge in [0.25, 0.3) is 0 Å². The van der Waals surface area contributed by atoms with Crippen molar-refractivity contribution in [3.63, 3.8) is 0 Å². The molecule has 0 saturated heterocycles. The zero-order valence-electron chi connectivity index (χ0n) is 15.5. The molecule has 2 aromatic heterocycles. The van der Waals surface area contributed by atoms with Gasteiger partial charge in [-0.05, 0) is 54.4 Å². The Hall–Kier alpha value is -2.12. The molecule has 1 N–H and O–H groups in total. The van der Waals surface area contributed by atoms with Gasteiger partial charge in [-0.2, -0.15) is 10.2 Å². The first kappa shape index (κ1) is 19.6. The Morgan fingerprint density at radius 1 is 1.15 bits per heavy atom. The summed E-state index contributed by atoms with van der Waals surface area (Å²) in [5.41, 5.74) is 4.01. The number of amides is 1. The van der Waals surface area contributed by atoms with Crippen LogP contribution in [-0.2, 0) is 17.9 Å². The molecule has 0 unspecified atom stereocenters. The standard InChI is InChI=1S/C19H21BrClN5O/c1-12-10-17(24-26(12)11-15-4-6-16(21)7-5-15)22-18(27)8-9-25-14(3)19(20)13(2)23-25/h4-7,10H,8-9,11H2,1-3H3,(H,22,24,27). The van der Waals surface area contributed by atoms with E-state index in [2.05, 4.69) is 31.4 Å². The molecule has 8 heteroatoms. The molecule has 0 aliphatic heterocycles. The maximum atomic E-state index is 12.3. The summed E-state index contributed by atoms with van der Waals surface area (Å²) in [4.78, 5) is 12.3. The molecule has 6 nitrogen and oxygen atoms in total. The smallest absolute Gasteiger partial charge is 0.227 e. The third kappa shape index (κ3) is 4.78. The van der Waals surface area contributed by atoms with Gasteiger partial charge in [0, 0.05) is 28.9 Å². The number of nitrogens with one attached hydrogen (secondary N) is 1. The van der Waals surface area contributed by atoms with Crippen molar-refractivity contribution in [2.75, 3.05) is 5.32 Å². The Kier molecular flexibility index (Phi) is 6.01. The van der Waals surface area contributed by atoms with Crippen molar-refractivity contribution in [2.45, 2.75) is 40.3 Å². The number of aryl methyl sites for hydroxylation is 3. The van der Waals surface area contributed by atoms with Crippen LogP contribution < -0.4 is 5.32 Å². The molecule has 1 amide bonds. The van der Waals surface area contributed by atoms with Crippen LogP contribution in [-0.4, -0.2) is 25.5 Å². The summed E-state index contributed by atoms with van der Waals surface area (Å²) in [6.07, 6.45) is 0.331. The number of hydrogen-bond acceptors (Lipinski definition) is 3. The van der Waals surface area contributed by atoms with Gasteiger partial charge in [0.15, 0.2) is 5.82 Å². The van der Waals surface area contributed by atoms with Gasteiger partial charge < -0.3 is 5.32 Å². The van der Waals surface area contributed by atoms with E-state index in [9.17, 15) is 4.79 Å². The normalized spacial score (nSPS) is 11.0. The number of benzene rings is 1. The van der Waals surface area contributed by atoms with Crippen LogP contribution in [0.1, 0.15) is 29.1 Å². The molecular weight excluding hydrogens is 430 g/mol. The number of aromatic nitrogens is 4. The molecule has 1 aromatic carbocycles. The van der Waals surface area contributed by atoms with E-state index in [1.807, 2.05) is 60.5 Å². The highest BCUT2D eigenvalue weighted by Gasteiger charge is 2.12. The third-order valence-corrected chi connectivity index (χ3v) is 5.74. The second-order valence-electron chi connectivity index (χ2n) is 6.46. The van der Waals surface area contributed by atoms with E-state index in [-0.39, 0.29) is 5.91 Å². The lowest BCUT2D eigenvalue weighted by Gasteiger charge is -2.06. The minimum absolute atomic E-state index is 0.0881. The lowest BCUT2D eigenvalue weighted by atomic mass is 10.2. The van der Waals surface area contributed by atoms with Crippen LogP contribution in [0.5, 0.6) is 0 Å². The third-order valence-electron chi connectivity index (χ3n) is 4.34. The van der Waals surface area contributed by atoms with Crippen molar-refractivity contribution in [1.82, 2.24) is 19.6 Å². The zero-order valence-corrected chi connectivity index (χ0v) is 17.8. The summed E-state index contributed by atoms with van der Waals surface area (Å²) in [7, 11) is 0. The number of carbonyl (C=O) groups is 1. The number of anilines is 1. The molecule has 0 aliphatic rings. The van der Waals surface area contributed by atoms with Gasteiger partial charge in [-0.15, -0.1) is 0 Å². The maximum absolute atomic E-state index is 12.3. The van der Waals surface area contributed by atoms with E-state index in [1.165, 1.54) is 0 Å². The van der Waals surface area contributed by atoms with Crippen molar-refractivity contribution in [2.24, 2.45) is 0 Å². The van der Waals surface area contributed by atoms with Crippen LogP contribution in [0.2, 0.25) is 5.02 Å². The largest absolute Gasteiger partial charge is 0.309 e. The highest BCUT2D eigenvalue weighted by molar-refractivity contribution is 9.10. The van der Waals surface area contributed by atoms with Gasteiger partial charge in [-0.25, -0.2) is 0 Å². The second kappa shape index (κ2) is 8.27. The highest BCUT2D eigenvalue weighted by atomic mass is 79.9. The first-order chi connectivity index (χ1) is 12.8. The highest BCUT2D eigenvalue weighted by Crippen LogP contribution is 2.20. The summed E-state index contributed by atoms with van der Waals surface area (Å²) in [5, 5.41) is 12.5. The molecule has 0 aliphatic carbocycles. The predicted molar refractivity (Wildman–Crippen MR) is 110 cm³/mol. The van der Waals surface area contributed by atoms with Gasteiger partial charge >= 0.3 is 0 Å². The molecule has 3 aromatic rings. The molecule has 142 valence electrons. The number of nitrogens with zero attached hydrogens (tertiary/aromatic N) is 4. The monoisotopic (exact) mass is 449 g/mol. The maximum Gasteiger partial charge on any atom is 0.227 e. The van der Waals surface area contributed by atoms with Crippen molar-refractivity contribution in [3.8, 4) is 0 Å². The topological polar surface area (TPSA) is 64.7 Å². The minimum Gasteiger partial charge on any atom is -0.309 e. The van der Waals surface area contributed by atoms with E-state index in [1.54, 1.807) is 0 Å². The van der Waals surface area contributed by atoms with Crippen LogP contribution >= 0.6 is 27.5 Å². The van der Waals surface area contributed by atoms with Crippen LogP contribution in [0.3, 0.4) is 0 Å². The Bertz CT molecular complexity index is 961. The van der Waals surface area contributed by atoms with Gasteiger partial charge in [-0.3, -0.25) is 14.2 Å². The molecule has 2 heterocycles. The predicted octanol–water partition coefficient (Wildman–Crippen LogP) is 4.50. The molecule has 0 bridgehead atoms. The quantitative estimate of drug-likeness (QED) is 0.601. The number of carbonyl (C=O) groups excluding carboxylic acids is 1. The summed E-state index contributed by atoms with van der Waals surface area (Å²) in [6, 6.07) is 9.52. The van der Waals surface area contributed by atoms with E-state index < -0.39 is 0 Å². The van der Waals surface area contributed by atoms with Gasteiger partial charge in [0.1, 0.15) is 0 Å². The van der Waals surface area contributed by atoms with Crippen LogP contribution in [0.25, 0.3) is 0 Å². The molecule has 0 atom stereocenters. The summed E-state index contributed by atoms with van der Waals surface area (Å²) >= 11 is 9.42. The Balaban J connectivity index is 1.59. The van der Waals surface area contributed by atoms with Crippen molar-refractivity contribution in [1.29, 1.82) is 0 Å². The molecule has 0 fully saturated rings. The number of rotatable bonds is 6. The van der Waals surface area contributed by atoms with Crippen LogP contribution in [0, 0.1) is 20.8 Å². The fourth-order valence-electron chi connectivity index (χ4n) is 2.80. The molecule has 0 radical (unpaired) electrons. The first-order valence-electron chi connectivity index (χ1n) is 8.61. The lowest BCUT2D eigenvalue weighted by molar-refractivity contribution is -0.116. The first-order valence-corrected chi connectivity index (χ1v) is 9.79. The van der Waals surface area contributed by atoms with E-state index in [4.69, 9.17) is 11.6 Å². The Labute approximate surface area is 171 Å². The summed E-state index contributed by atoms with van der Waals surface area (Å²) in [6.45, 7) is 7.02.